The van der Waals surface area contributed by atoms with Crippen molar-refractivity contribution in [2.75, 3.05) is 12.3 Å². The summed E-state index contributed by atoms with van der Waals surface area (Å²) < 4.78 is 1.71. The maximum Gasteiger partial charge on any atom is 0.209 e. The molecular weight excluding hydrogens is 270 g/mol. The first-order valence-corrected chi connectivity index (χ1v) is 8.02. The smallest absolute Gasteiger partial charge is 0.209 e. The van der Waals surface area contributed by atoms with Gasteiger partial charge in [-0.2, -0.15) is 0 Å². The van der Waals surface area contributed by atoms with Gasteiger partial charge in [-0.3, -0.25) is 0 Å². The summed E-state index contributed by atoms with van der Waals surface area (Å²) in [5.41, 5.74) is 2.80. The highest BCUT2D eigenvalue weighted by molar-refractivity contribution is 7.99. The Balaban J connectivity index is 1.58. The molecule has 20 heavy (non-hydrogen) atoms. The number of hydrogen-bond acceptors (Lipinski definition) is 4. The topological polar surface area (TPSA) is 60.2 Å². The minimum Gasteiger partial charge on any atom is -0.342 e. The quantitative estimate of drug-likeness (QED) is 0.583. The first kappa shape index (κ1) is 15.0. The van der Waals surface area contributed by atoms with E-state index < -0.39 is 0 Å². The summed E-state index contributed by atoms with van der Waals surface area (Å²) in [5.74, 6) is 1.06. The van der Waals surface area contributed by atoms with Crippen molar-refractivity contribution in [3.63, 3.8) is 0 Å². The molecule has 2 rings (SSSR count). The Kier molecular flexibility index (Phi) is 6.01. The summed E-state index contributed by atoms with van der Waals surface area (Å²) >= 11 is 1.71. The Labute approximate surface area is 124 Å². The molecule has 0 unspecified atom stereocenters. The number of quaternary nitrogens is 1. The highest BCUT2D eigenvalue weighted by atomic mass is 32.2. The highest BCUT2D eigenvalue weighted by Gasteiger charge is 2.02. The van der Waals surface area contributed by atoms with Crippen molar-refractivity contribution in [3.8, 4) is 0 Å². The summed E-state index contributed by atoms with van der Waals surface area (Å²) in [7, 11) is 1.87. The molecule has 1 heterocycles. The van der Waals surface area contributed by atoms with Crippen LogP contribution in [-0.4, -0.2) is 32.5 Å². The first-order chi connectivity index (χ1) is 9.79. The number of rotatable bonds is 8. The van der Waals surface area contributed by atoms with E-state index in [1.165, 1.54) is 11.1 Å². The average Bonchev–Trinajstić information content (AvgIpc) is 2.89. The average molecular weight is 292 g/mol. The van der Waals surface area contributed by atoms with Crippen molar-refractivity contribution in [2.24, 2.45) is 7.05 Å². The third-order valence-electron chi connectivity index (χ3n) is 3.18. The summed E-state index contributed by atoms with van der Waals surface area (Å²) in [5, 5.41) is 14.6. The number of benzene rings is 1. The number of hydrogen-bond donors (Lipinski definition) is 1. The number of tetrazole rings is 1. The maximum absolute atomic E-state index is 3.95. The molecule has 0 saturated carbocycles. The zero-order chi connectivity index (χ0) is 14.2. The fraction of sp³-hybridized carbons (Fsp3) is 0.500. The molecule has 5 nitrogen and oxygen atoms in total. The van der Waals surface area contributed by atoms with Gasteiger partial charge in [-0.15, -0.1) is 5.10 Å². The number of thioether (sulfide) groups is 1. The molecule has 6 heteroatoms. The fourth-order valence-electron chi connectivity index (χ4n) is 1.91. The van der Waals surface area contributed by atoms with Gasteiger partial charge in [0.2, 0.25) is 5.16 Å². The van der Waals surface area contributed by atoms with Crippen LogP contribution in [-0.2, 0) is 20.0 Å². The Hall–Kier alpha value is -1.40. The van der Waals surface area contributed by atoms with E-state index in [0.717, 1.165) is 36.8 Å². The molecule has 0 bridgehead atoms. The summed E-state index contributed by atoms with van der Waals surface area (Å²) in [6.45, 7) is 4.37. The van der Waals surface area contributed by atoms with Crippen LogP contribution in [0.2, 0.25) is 0 Å². The van der Waals surface area contributed by atoms with Crippen molar-refractivity contribution in [1.82, 2.24) is 20.2 Å². The van der Waals surface area contributed by atoms with Gasteiger partial charge in [0.05, 0.1) is 6.54 Å². The van der Waals surface area contributed by atoms with Crippen LogP contribution in [0.15, 0.2) is 29.4 Å². The molecule has 0 atom stereocenters. The summed E-state index contributed by atoms with van der Waals surface area (Å²) in [4.78, 5) is 0. The van der Waals surface area contributed by atoms with Gasteiger partial charge >= 0.3 is 0 Å². The van der Waals surface area contributed by atoms with Crippen LogP contribution in [0.3, 0.4) is 0 Å². The molecule has 108 valence electrons. The molecule has 0 aliphatic heterocycles. The lowest BCUT2D eigenvalue weighted by molar-refractivity contribution is -0.670. The molecule has 0 amide bonds. The Morgan fingerprint density at radius 1 is 1.20 bits per heavy atom. The van der Waals surface area contributed by atoms with E-state index >= 15 is 0 Å². The molecule has 0 fully saturated rings. The molecule has 0 aliphatic rings. The molecule has 0 spiro atoms. The third-order valence-corrected chi connectivity index (χ3v) is 4.27. The van der Waals surface area contributed by atoms with Gasteiger partial charge in [-0.25, -0.2) is 4.68 Å². The van der Waals surface area contributed by atoms with Crippen molar-refractivity contribution >= 4 is 11.8 Å². The summed E-state index contributed by atoms with van der Waals surface area (Å²) in [6, 6.07) is 8.91. The van der Waals surface area contributed by atoms with E-state index in [9.17, 15) is 0 Å². The second-order valence-electron chi connectivity index (χ2n) is 4.74. The van der Waals surface area contributed by atoms with E-state index in [2.05, 4.69) is 52.0 Å². The van der Waals surface area contributed by atoms with E-state index in [1.807, 2.05) is 7.05 Å². The Bertz CT molecular complexity index is 509. The van der Waals surface area contributed by atoms with Gasteiger partial charge in [-0.1, -0.05) is 43.0 Å². The Morgan fingerprint density at radius 3 is 2.60 bits per heavy atom. The lowest BCUT2D eigenvalue weighted by atomic mass is 10.1. The molecule has 0 saturated heterocycles. The minimum atomic E-state index is 0.889. The molecule has 2 N–H and O–H groups in total. The van der Waals surface area contributed by atoms with Gasteiger partial charge in [0.15, 0.2) is 0 Å². The van der Waals surface area contributed by atoms with Crippen LogP contribution >= 0.6 is 11.8 Å². The molecule has 1 aromatic carbocycles. The zero-order valence-corrected chi connectivity index (χ0v) is 12.9. The number of aryl methyl sites for hydroxylation is 2. The van der Waals surface area contributed by atoms with Crippen molar-refractivity contribution in [1.29, 1.82) is 0 Å². The van der Waals surface area contributed by atoms with Gasteiger partial charge in [0, 0.05) is 24.8 Å². The van der Waals surface area contributed by atoms with Crippen molar-refractivity contribution in [2.45, 2.75) is 31.5 Å². The predicted molar refractivity (Wildman–Crippen MR) is 80.5 cm³/mol. The second kappa shape index (κ2) is 8.01. The number of nitrogens with zero attached hydrogens (tertiary/aromatic N) is 4. The lowest BCUT2D eigenvalue weighted by Crippen LogP contribution is -2.82. The first-order valence-electron chi connectivity index (χ1n) is 7.04. The molecular formula is C14H22N5S+. The molecule has 0 radical (unpaired) electrons. The third kappa shape index (κ3) is 4.61. The van der Waals surface area contributed by atoms with Crippen LogP contribution in [0, 0.1) is 0 Å². The van der Waals surface area contributed by atoms with Crippen LogP contribution in [0.4, 0.5) is 0 Å². The van der Waals surface area contributed by atoms with Gasteiger partial charge in [0.1, 0.15) is 6.54 Å². The van der Waals surface area contributed by atoms with Crippen LogP contribution < -0.4 is 5.32 Å². The van der Waals surface area contributed by atoms with Crippen LogP contribution in [0.25, 0.3) is 0 Å². The standard InChI is InChI=1S/C14H21N5S/c1-3-12-5-7-13(8-6-12)11-15-9-4-10-20-14-16-17-18-19(14)2/h5-8,15H,3-4,9-11H2,1-2H3/p+1. The molecule has 0 aliphatic carbocycles. The maximum atomic E-state index is 3.95. The highest BCUT2D eigenvalue weighted by Crippen LogP contribution is 2.12. The largest absolute Gasteiger partial charge is 0.342 e. The molecule has 1 aromatic heterocycles. The van der Waals surface area contributed by atoms with Crippen molar-refractivity contribution < 1.29 is 5.32 Å². The van der Waals surface area contributed by atoms with E-state index in [0.29, 0.717) is 0 Å². The van der Waals surface area contributed by atoms with Crippen molar-refractivity contribution in [3.05, 3.63) is 35.4 Å². The fourth-order valence-corrected chi connectivity index (χ4v) is 2.73. The number of aromatic nitrogens is 4. The minimum absolute atomic E-state index is 0.889. The van der Waals surface area contributed by atoms with Gasteiger partial charge in [-0.05, 0) is 22.4 Å². The van der Waals surface area contributed by atoms with E-state index in [4.69, 9.17) is 0 Å². The Morgan fingerprint density at radius 2 is 1.95 bits per heavy atom. The van der Waals surface area contributed by atoms with E-state index in [-0.39, 0.29) is 0 Å². The second-order valence-corrected chi connectivity index (χ2v) is 5.80. The predicted octanol–water partition coefficient (Wildman–Crippen LogP) is 1.02. The van der Waals surface area contributed by atoms with Gasteiger partial charge in [0.25, 0.3) is 0 Å². The van der Waals surface area contributed by atoms with Gasteiger partial charge < -0.3 is 5.32 Å². The molecule has 2 aromatic rings. The van der Waals surface area contributed by atoms with Crippen LogP contribution in [0.5, 0.6) is 0 Å². The lowest BCUT2D eigenvalue weighted by Gasteiger charge is -2.03. The van der Waals surface area contributed by atoms with E-state index in [1.54, 1.807) is 16.4 Å². The van der Waals surface area contributed by atoms with Crippen LogP contribution in [0.1, 0.15) is 24.5 Å². The summed E-state index contributed by atoms with van der Waals surface area (Å²) in [6.07, 6.45) is 2.27. The zero-order valence-electron chi connectivity index (χ0n) is 12.1. The SMILES string of the molecule is CCc1ccc(C[NH2+]CCCSc2nnnn2C)cc1. The number of nitrogens with two attached hydrogens (primary N) is 1. The monoisotopic (exact) mass is 292 g/mol. The normalized spacial score (nSPS) is 10.9.